The van der Waals surface area contributed by atoms with Crippen LogP contribution < -0.4 is 15.0 Å². The number of rotatable bonds is 11. The molecule has 0 amide bonds. The Balaban J connectivity index is 1.71. The molecule has 3 aromatic heterocycles. The lowest BCUT2D eigenvalue weighted by Gasteiger charge is -2.21. The van der Waals surface area contributed by atoms with E-state index >= 15 is 0 Å². The highest BCUT2D eigenvalue weighted by Gasteiger charge is 2.19. The first-order chi connectivity index (χ1) is 18.3. The third-order valence-electron chi connectivity index (χ3n) is 6.05. The van der Waals surface area contributed by atoms with Gasteiger partial charge in [-0.15, -0.1) is 0 Å². The smallest absolute Gasteiger partial charge is 0.184 e. The van der Waals surface area contributed by atoms with Gasteiger partial charge in [-0.2, -0.15) is 5.10 Å². The van der Waals surface area contributed by atoms with E-state index in [1.165, 1.54) is 0 Å². The van der Waals surface area contributed by atoms with Gasteiger partial charge >= 0.3 is 0 Å². The number of hydrogen-bond acceptors (Lipinski definition) is 10. The summed E-state index contributed by atoms with van der Waals surface area (Å²) >= 11 is 0. The minimum absolute atomic E-state index is 0.0243. The topological polar surface area (TPSA) is 114 Å². The molecule has 0 aliphatic rings. The fourth-order valence-electron chi connectivity index (χ4n) is 3.94. The summed E-state index contributed by atoms with van der Waals surface area (Å²) in [5, 5.41) is 7.81. The van der Waals surface area contributed by atoms with Crippen molar-refractivity contribution in [1.82, 2.24) is 34.6 Å². The normalized spacial score (nSPS) is 11.0. The van der Waals surface area contributed by atoms with E-state index < -0.39 is 0 Å². The number of carbonyl (C=O) groups is 1. The molecular weight excluding hydrogens is 482 g/mol. The molecule has 38 heavy (non-hydrogen) atoms. The van der Waals surface area contributed by atoms with Crippen LogP contribution in [0.4, 0.5) is 23.0 Å². The molecular formula is C27H33N9O2. The average Bonchev–Trinajstić information content (AvgIpc) is 3.37. The number of para-hydroxylation sites is 1. The first-order valence-electron chi connectivity index (χ1n) is 12.3. The number of carbonyl (C=O) groups excluding carboxylic acids is 1. The molecule has 11 heteroatoms. The van der Waals surface area contributed by atoms with Crippen LogP contribution in [-0.4, -0.2) is 75.2 Å². The number of Topliss-reactive ketones (excluding diaryl/α,β-unsaturated/α-hetero) is 1. The van der Waals surface area contributed by atoms with Crippen LogP contribution in [0.15, 0.2) is 49.2 Å². The molecule has 0 saturated carbocycles. The molecule has 1 N–H and O–H groups in total. The summed E-state index contributed by atoms with van der Waals surface area (Å²) in [6.45, 7) is 2.71. The number of nitrogens with zero attached hydrogens (tertiary/aromatic N) is 8. The molecule has 4 aromatic rings. The summed E-state index contributed by atoms with van der Waals surface area (Å²) < 4.78 is 7.39. The summed E-state index contributed by atoms with van der Waals surface area (Å²) in [4.78, 5) is 34.6. The number of hydrogen-bond donors (Lipinski definition) is 1. The van der Waals surface area contributed by atoms with Crippen LogP contribution >= 0.6 is 0 Å². The Morgan fingerprint density at radius 2 is 1.84 bits per heavy atom. The van der Waals surface area contributed by atoms with Crippen LogP contribution in [0.1, 0.15) is 29.4 Å². The van der Waals surface area contributed by atoms with E-state index in [0.717, 1.165) is 24.2 Å². The van der Waals surface area contributed by atoms with Crippen molar-refractivity contribution in [1.29, 1.82) is 0 Å². The monoisotopic (exact) mass is 515 g/mol. The third kappa shape index (κ3) is 5.94. The van der Waals surface area contributed by atoms with E-state index in [-0.39, 0.29) is 5.78 Å². The molecule has 0 atom stereocenters. The molecule has 3 heterocycles. The summed E-state index contributed by atoms with van der Waals surface area (Å²) in [7, 11) is 9.36. The van der Waals surface area contributed by atoms with Crippen LogP contribution in [0.2, 0.25) is 0 Å². The Bertz CT molecular complexity index is 1420. The van der Waals surface area contributed by atoms with Crippen molar-refractivity contribution in [2.24, 2.45) is 7.05 Å². The van der Waals surface area contributed by atoms with E-state index in [1.54, 1.807) is 30.6 Å². The summed E-state index contributed by atoms with van der Waals surface area (Å²) in [6.07, 6.45) is 5.96. The molecule has 0 radical (unpaired) electrons. The molecule has 11 nitrogen and oxygen atoms in total. The zero-order chi connectivity index (χ0) is 27.2. The molecule has 0 spiro atoms. The van der Waals surface area contributed by atoms with Crippen molar-refractivity contribution in [2.45, 2.75) is 19.8 Å². The van der Waals surface area contributed by atoms with Crippen LogP contribution in [-0.2, 0) is 13.5 Å². The number of nitrogens with one attached hydrogen (secondary N) is 1. The Morgan fingerprint density at radius 3 is 2.53 bits per heavy atom. The molecule has 0 unspecified atom stereocenters. The molecule has 4 rings (SSSR count). The standard InChI is InChI=1S/C27H33N9O2/c1-7-23(37)20-15-28-25(36(5)24-13-18(29-16-30-24)11-12-34(2)3)14-22(20)32-21-10-8-9-19(26(21)38-6)27-31-17-35(4)33-27/h8-10,13-17H,7,11-12H2,1-6H3,(H,28,32). The molecule has 0 saturated heterocycles. The molecule has 0 bridgehead atoms. The minimum Gasteiger partial charge on any atom is -0.494 e. The summed E-state index contributed by atoms with van der Waals surface area (Å²) in [5.41, 5.74) is 3.45. The van der Waals surface area contributed by atoms with Gasteiger partial charge in [-0.1, -0.05) is 13.0 Å². The Hall–Kier alpha value is -4.38. The van der Waals surface area contributed by atoms with Gasteiger partial charge in [-0.3, -0.25) is 9.48 Å². The Morgan fingerprint density at radius 1 is 1.05 bits per heavy atom. The van der Waals surface area contributed by atoms with Gasteiger partial charge in [0.15, 0.2) is 17.4 Å². The highest BCUT2D eigenvalue weighted by atomic mass is 16.5. The van der Waals surface area contributed by atoms with Crippen molar-refractivity contribution in [2.75, 3.05) is 45.0 Å². The third-order valence-corrected chi connectivity index (χ3v) is 6.05. The van der Waals surface area contributed by atoms with E-state index in [1.807, 2.05) is 70.3 Å². The summed E-state index contributed by atoms with van der Waals surface area (Å²) in [6, 6.07) is 9.47. The average molecular weight is 516 g/mol. The summed E-state index contributed by atoms with van der Waals surface area (Å²) in [5.74, 6) is 2.42. The van der Waals surface area contributed by atoms with Crippen molar-refractivity contribution >= 4 is 28.8 Å². The van der Waals surface area contributed by atoms with Gasteiger partial charge in [0.25, 0.3) is 0 Å². The van der Waals surface area contributed by atoms with Gasteiger partial charge in [0, 0.05) is 57.5 Å². The maximum atomic E-state index is 12.8. The Labute approximate surface area is 222 Å². The van der Waals surface area contributed by atoms with Crippen molar-refractivity contribution < 1.29 is 9.53 Å². The van der Waals surface area contributed by atoms with Gasteiger partial charge in [-0.25, -0.2) is 19.9 Å². The number of benzene rings is 1. The van der Waals surface area contributed by atoms with Crippen LogP contribution in [0, 0.1) is 0 Å². The highest BCUT2D eigenvalue weighted by Crippen LogP contribution is 2.38. The fraction of sp³-hybridized carbons (Fsp3) is 0.333. The van der Waals surface area contributed by atoms with E-state index in [4.69, 9.17) is 4.74 Å². The van der Waals surface area contributed by atoms with Crippen LogP contribution in [0.5, 0.6) is 5.75 Å². The van der Waals surface area contributed by atoms with Gasteiger partial charge in [-0.05, 0) is 26.2 Å². The predicted octanol–water partition coefficient (Wildman–Crippen LogP) is 3.88. The first-order valence-corrected chi connectivity index (χ1v) is 12.3. The number of likely N-dealkylation sites (N-methyl/N-ethyl adjacent to an activating group) is 1. The lowest BCUT2D eigenvalue weighted by molar-refractivity contribution is 0.0988. The first kappa shape index (κ1) is 26.7. The highest BCUT2D eigenvalue weighted by molar-refractivity contribution is 6.02. The van der Waals surface area contributed by atoms with E-state index in [9.17, 15) is 4.79 Å². The number of aryl methyl sites for hydroxylation is 1. The molecule has 0 aliphatic heterocycles. The second kappa shape index (κ2) is 11.8. The lowest BCUT2D eigenvalue weighted by atomic mass is 10.1. The van der Waals surface area contributed by atoms with Crippen molar-refractivity contribution in [3.8, 4) is 17.1 Å². The maximum absolute atomic E-state index is 12.8. The number of ketones is 1. The number of anilines is 4. The van der Waals surface area contributed by atoms with Crippen LogP contribution in [0.3, 0.4) is 0 Å². The quantitative estimate of drug-likeness (QED) is 0.295. The van der Waals surface area contributed by atoms with Crippen molar-refractivity contribution in [3.05, 3.63) is 60.4 Å². The van der Waals surface area contributed by atoms with Crippen molar-refractivity contribution in [3.63, 3.8) is 0 Å². The van der Waals surface area contributed by atoms with Crippen LogP contribution in [0.25, 0.3) is 11.4 Å². The predicted molar refractivity (Wildman–Crippen MR) is 147 cm³/mol. The number of ether oxygens (including phenoxy) is 1. The molecule has 1 aromatic carbocycles. The zero-order valence-electron chi connectivity index (χ0n) is 22.6. The van der Waals surface area contributed by atoms with E-state index in [2.05, 4.69) is 35.3 Å². The SMILES string of the molecule is CCC(=O)c1cnc(N(C)c2cc(CCN(C)C)ncn2)cc1Nc1cccc(-c2ncn(C)n2)c1OC. The Kier molecular flexibility index (Phi) is 8.27. The van der Waals surface area contributed by atoms with Gasteiger partial charge in [0.1, 0.15) is 24.3 Å². The number of pyridine rings is 1. The minimum atomic E-state index is -0.0243. The van der Waals surface area contributed by atoms with Gasteiger partial charge in [0.05, 0.1) is 29.6 Å². The van der Waals surface area contributed by atoms with E-state index in [0.29, 0.717) is 46.6 Å². The van der Waals surface area contributed by atoms with Gasteiger partial charge < -0.3 is 19.9 Å². The molecule has 0 aliphatic carbocycles. The zero-order valence-corrected chi connectivity index (χ0v) is 22.6. The number of methoxy groups -OCH3 is 1. The fourth-order valence-corrected chi connectivity index (χ4v) is 3.94. The number of aromatic nitrogens is 6. The second-order valence-corrected chi connectivity index (χ2v) is 9.10. The second-order valence-electron chi connectivity index (χ2n) is 9.10. The molecule has 0 fully saturated rings. The largest absolute Gasteiger partial charge is 0.494 e. The maximum Gasteiger partial charge on any atom is 0.184 e. The molecule has 198 valence electrons. The lowest BCUT2D eigenvalue weighted by Crippen LogP contribution is -2.17. The van der Waals surface area contributed by atoms with Gasteiger partial charge in [0.2, 0.25) is 0 Å².